The highest BCUT2D eigenvalue weighted by atomic mass is 79.9. The van der Waals surface area contributed by atoms with Crippen molar-refractivity contribution < 1.29 is 4.79 Å². The van der Waals surface area contributed by atoms with E-state index in [0.717, 1.165) is 10.9 Å². The molecule has 0 fully saturated rings. The molecule has 0 aliphatic carbocycles. The standard InChI is InChI=1S/C12H19BrN2OS/c1-4-9(2)14-6-12(16)15(3)7-11-5-10(13)8-17-11/h5,8-9,14H,4,6-7H2,1-3H3. The van der Waals surface area contributed by atoms with Crippen LogP contribution in [0.25, 0.3) is 0 Å². The minimum atomic E-state index is 0.134. The normalized spacial score (nSPS) is 12.5. The van der Waals surface area contributed by atoms with Crippen LogP contribution in [0.15, 0.2) is 15.9 Å². The second-order valence-electron chi connectivity index (χ2n) is 4.17. The first kappa shape index (κ1) is 14.7. The molecule has 1 aromatic heterocycles. The molecule has 3 nitrogen and oxygen atoms in total. The molecule has 5 heteroatoms. The lowest BCUT2D eigenvalue weighted by atomic mass is 10.2. The Bertz CT molecular complexity index is 367. The van der Waals surface area contributed by atoms with Gasteiger partial charge in [-0.1, -0.05) is 6.92 Å². The van der Waals surface area contributed by atoms with Crippen molar-refractivity contribution in [3.8, 4) is 0 Å². The molecular weight excluding hydrogens is 300 g/mol. The number of amides is 1. The zero-order valence-electron chi connectivity index (χ0n) is 10.5. The van der Waals surface area contributed by atoms with Gasteiger partial charge in [-0.05, 0) is 35.3 Å². The van der Waals surface area contributed by atoms with Crippen molar-refractivity contribution in [2.24, 2.45) is 0 Å². The summed E-state index contributed by atoms with van der Waals surface area (Å²) in [6.45, 7) is 5.29. The van der Waals surface area contributed by atoms with Gasteiger partial charge in [0.25, 0.3) is 0 Å². The number of nitrogens with zero attached hydrogens (tertiary/aromatic N) is 1. The van der Waals surface area contributed by atoms with E-state index in [1.165, 1.54) is 4.88 Å². The van der Waals surface area contributed by atoms with Crippen LogP contribution in [-0.2, 0) is 11.3 Å². The number of rotatable bonds is 6. The highest BCUT2D eigenvalue weighted by Crippen LogP contribution is 2.20. The average Bonchev–Trinajstić information content (AvgIpc) is 2.70. The lowest BCUT2D eigenvalue weighted by Gasteiger charge is -2.18. The highest BCUT2D eigenvalue weighted by Gasteiger charge is 2.11. The first-order valence-electron chi connectivity index (χ1n) is 5.73. The van der Waals surface area contributed by atoms with Gasteiger partial charge in [-0.15, -0.1) is 11.3 Å². The van der Waals surface area contributed by atoms with E-state index in [4.69, 9.17) is 0 Å². The van der Waals surface area contributed by atoms with Crippen molar-refractivity contribution in [1.29, 1.82) is 0 Å². The summed E-state index contributed by atoms with van der Waals surface area (Å²) in [7, 11) is 1.84. The Morgan fingerprint density at radius 3 is 2.88 bits per heavy atom. The Labute approximate surface area is 115 Å². The van der Waals surface area contributed by atoms with Crippen LogP contribution < -0.4 is 5.32 Å². The van der Waals surface area contributed by atoms with Crippen molar-refractivity contribution in [2.45, 2.75) is 32.9 Å². The minimum absolute atomic E-state index is 0.134. The van der Waals surface area contributed by atoms with Gasteiger partial charge in [0.05, 0.1) is 13.1 Å². The van der Waals surface area contributed by atoms with Crippen LogP contribution in [0.1, 0.15) is 25.1 Å². The van der Waals surface area contributed by atoms with Gasteiger partial charge in [0.2, 0.25) is 5.91 Å². The van der Waals surface area contributed by atoms with E-state index in [1.807, 2.05) is 12.4 Å². The molecular formula is C12H19BrN2OS. The van der Waals surface area contributed by atoms with Crippen LogP contribution in [0.5, 0.6) is 0 Å². The summed E-state index contributed by atoms with van der Waals surface area (Å²) >= 11 is 5.08. The fourth-order valence-corrected chi connectivity index (χ4v) is 2.80. The number of hydrogen-bond acceptors (Lipinski definition) is 3. The van der Waals surface area contributed by atoms with Crippen molar-refractivity contribution in [2.75, 3.05) is 13.6 Å². The average molecular weight is 319 g/mol. The number of hydrogen-bond donors (Lipinski definition) is 1. The van der Waals surface area contributed by atoms with Crippen LogP contribution in [0.3, 0.4) is 0 Å². The van der Waals surface area contributed by atoms with Crippen LogP contribution in [0.4, 0.5) is 0 Å². The molecule has 0 aliphatic rings. The van der Waals surface area contributed by atoms with Gasteiger partial charge >= 0.3 is 0 Å². The van der Waals surface area contributed by atoms with Gasteiger partial charge in [0.1, 0.15) is 0 Å². The number of likely N-dealkylation sites (N-methyl/N-ethyl adjacent to an activating group) is 1. The lowest BCUT2D eigenvalue weighted by Crippen LogP contribution is -2.38. The molecule has 1 N–H and O–H groups in total. The van der Waals surface area contributed by atoms with Crippen molar-refractivity contribution in [3.05, 3.63) is 20.8 Å². The number of carbonyl (C=O) groups excluding carboxylic acids is 1. The first-order chi connectivity index (χ1) is 8.02. The van der Waals surface area contributed by atoms with Gasteiger partial charge in [-0.3, -0.25) is 4.79 Å². The molecule has 0 spiro atoms. The van der Waals surface area contributed by atoms with E-state index in [-0.39, 0.29) is 5.91 Å². The smallest absolute Gasteiger partial charge is 0.236 e. The highest BCUT2D eigenvalue weighted by molar-refractivity contribution is 9.10. The number of carbonyl (C=O) groups is 1. The topological polar surface area (TPSA) is 32.3 Å². The molecule has 1 amide bonds. The van der Waals surface area contributed by atoms with Crippen LogP contribution >= 0.6 is 27.3 Å². The summed E-state index contributed by atoms with van der Waals surface area (Å²) in [5, 5.41) is 5.24. The second-order valence-corrected chi connectivity index (χ2v) is 6.08. The summed E-state index contributed by atoms with van der Waals surface area (Å²) < 4.78 is 1.08. The third-order valence-corrected chi connectivity index (χ3v) is 4.34. The molecule has 0 saturated heterocycles. The monoisotopic (exact) mass is 318 g/mol. The zero-order valence-corrected chi connectivity index (χ0v) is 12.9. The number of halogens is 1. The van der Waals surface area contributed by atoms with Gasteiger partial charge in [-0.2, -0.15) is 0 Å². The summed E-state index contributed by atoms with van der Waals surface area (Å²) in [6.07, 6.45) is 1.04. The van der Waals surface area contributed by atoms with Gasteiger partial charge < -0.3 is 10.2 Å². The SMILES string of the molecule is CCC(C)NCC(=O)N(C)Cc1cc(Br)cs1. The van der Waals surface area contributed by atoms with Crippen LogP contribution in [0.2, 0.25) is 0 Å². The van der Waals surface area contributed by atoms with E-state index in [2.05, 4.69) is 41.2 Å². The molecule has 1 unspecified atom stereocenters. The van der Waals surface area contributed by atoms with Gasteiger partial charge in [-0.25, -0.2) is 0 Å². The molecule has 1 aromatic rings. The maximum Gasteiger partial charge on any atom is 0.236 e. The minimum Gasteiger partial charge on any atom is -0.340 e. The fourth-order valence-electron chi connectivity index (χ4n) is 1.30. The summed E-state index contributed by atoms with van der Waals surface area (Å²) in [6, 6.07) is 2.44. The van der Waals surface area contributed by atoms with Crippen molar-refractivity contribution in [1.82, 2.24) is 10.2 Å². The van der Waals surface area contributed by atoms with E-state index in [0.29, 0.717) is 19.1 Å². The Morgan fingerprint density at radius 2 is 2.35 bits per heavy atom. The van der Waals surface area contributed by atoms with E-state index in [9.17, 15) is 4.79 Å². The summed E-state index contributed by atoms with van der Waals surface area (Å²) in [5.74, 6) is 0.134. The summed E-state index contributed by atoms with van der Waals surface area (Å²) in [5.41, 5.74) is 0. The third-order valence-electron chi connectivity index (χ3n) is 2.65. The molecule has 1 atom stereocenters. The molecule has 1 rings (SSSR count). The third kappa shape index (κ3) is 5.19. The quantitative estimate of drug-likeness (QED) is 0.874. The largest absolute Gasteiger partial charge is 0.340 e. The van der Waals surface area contributed by atoms with Gasteiger partial charge in [0, 0.05) is 27.8 Å². The zero-order chi connectivity index (χ0) is 12.8. The number of nitrogens with one attached hydrogen (secondary N) is 1. The molecule has 0 bridgehead atoms. The van der Waals surface area contributed by atoms with Crippen LogP contribution in [-0.4, -0.2) is 30.4 Å². The molecule has 17 heavy (non-hydrogen) atoms. The predicted octanol–water partition coefficient (Wildman–Crippen LogP) is 2.86. The lowest BCUT2D eigenvalue weighted by molar-refractivity contribution is -0.129. The van der Waals surface area contributed by atoms with Crippen molar-refractivity contribution >= 4 is 33.2 Å². The van der Waals surface area contributed by atoms with Gasteiger partial charge in [0.15, 0.2) is 0 Å². The van der Waals surface area contributed by atoms with E-state index < -0.39 is 0 Å². The summed E-state index contributed by atoms with van der Waals surface area (Å²) in [4.78, 5) is 14.8. The Kier molecular flexibility index (Phi) is 6.16. The maximum atomic E-state index is 11.8. The Hall–Kier alpha value is -0.390. The molecule has 0 aromatic carbocycles. The Morgan fingerprint density at radius 1 is 1.65 bits per heavy atom. The second kappa shape index (κ2) is 7.13. The first-order valence-corrected chi connectivity index (χ1v) is 7.40. The molecule has 0 aliphatic heterocycles. The van der Waals surface area contributed by atoms with Crippen LogP contribution in [0, 0.1) is 0 Å². The molecule has 0 radical (unpaired) electrons. The van der Waals surface area contributed by atoms with E-state index >= 15 is 0 Å². The predicted molar refractivity (Wildman–Crippen MR) is 76.2 cm³/mol. The fraction of sp³-hybridized carbons (Fsp3) is 0.583. The number of thiophene rings is 1. The molecule has 0 saturated carbocycles. The Balaban J connectivity index is 2.36. The molecule has 96 valence electrons. The van der Waals surface area contributed by atoms with E-state index in [1.54, 1.807) is 16.2 Å². The maximum absolute atomic E-state index is 11.8. The van der Waals surface area contributed by atoms with Crippen molar-refractivity contribution in [3.63, 3.8) is 0 Å². The molecule has 1 heterocycles.